The van der Waals surface area contributed by atoms with Gasteiger partial charge in [-0.3, -0.25) is 9.59 Å². The van der Waals surface area contributed by atoms with Gasteiger partial charge in [-0.2, -0.15) is 5.10 Å². The van der Waals surface area contributed by atoms with Gasteiger partial charge in [0.1, 0.15) is 5.82 Å². The summed E-state index contributed by atoms with van der Waals surface area (Å²) >= 11 is 0. The van der Waals surface area contributed by atoms with Crippen molar-refractivity contribution in [1.82, 2.24) is 20.3 Å². The van der Waals surface area contributed by atoms with E-state index in [0.29, 0.717) is 5.56 Å². The zero-order valence-corrected chi connectivity index (χ0v) is 13.7. The summed E-state index contributed by atoms with van der Waals surface area (Å²) < 4.78 is 13.1. The molecule has 7 nitrogen and oxygen atoms in total. The Hall–Kier alpha value is -3.55. The van der Waals surface area contributed by atoms with Crippen LogP contribution in [0.3, 0.4) is 0 Å². The van der Waals surface area contributed by atoms with Crippen LogP contribution in [0.2, 0.25) is 0 Å². The van der Waals surface area contributed by atoms with Crippen molar-refractivity contribution in [2.45, 2.75) is 6.42 Å². The number of carbonyl (C=O) groups is 2. The average Bonchev–Trinajstić information content (AvgIpc) is 3.09. The fourth-order valence-electron chi connectivity index (χ4n) is 2.27. The van der Waals surface area contributed by atoms with E-state index in [4.69, 9.17) is 0 Å². The lowest BCUT2D eigenvalue weighted by molar-refractivity contribution is -0.123. The Morgan fingerprint density at radius 2 is 1.85 bits per heavy atom. The number of carbonyl (C=O) groups excluding carboxylic acids is 2. The van der Waals surface area contributed by atoms with E-state index in [-0.39, 0.29) is 24.7 Å². The molecule has 132 valence electrons. The van der Waals surface area contributed by atoms with E-state index < -0.39 is 11.7 Å². The van der Waals surface area contributed by atoms with Crippen LogP contribution in [0, 0.1) is 5.82 Å². The first-order valence-corrected chi connectivity index (χ1v) is 7.89. The molecule has 2 amide bonds. The summed E-state index contributed by atoms with van der Waals surface area (Å²) in [6.45, 7) is -0.216. The molecule has 8 heteroatoms. The van der Waals surface area contributed by atoms with E-state index in [2.05, 4.69) is 20.8 Å². The number of para-hydroxylation sites is 1. The van der Waals surface area contributed by atoms with E-state index in [9.17, 15) is 14.0 Å². The number of halogens is 1. The highest BCUT2D eigenvalue weighted by molar-refractivity contribution is 5.93. The first-order valence-electron chi connectivity index (χ1n) is 7.89. The number of hydrogen-bond donors (Lipinski definition) is 2. The second-order valence-corrected chi connectivity index (χ2v) is 5.49. The number of nitrogens with zero attached hydrogens (tertiary/aromatic N) is 3. The lowest BCUT2D eigenvalue weighted by Crippen LogP contribution is -2.33. The third-order valence-corrected chi connectivity index (χ3v) is 3.45. The average molecular weight is 353 g/mol. The largest absolute Gasteiger partial charge is 0.347 e. The van der Waals surface area contributed by atoms with Crippen LogP contribution in [0.5, 0.6) is 0 Å². The summed E-state index contributed by atoms with van der Waals surface area (Å²) in [7, 11) is 0. The van der Waals surface area contributed by atoms with E-state index in [0.717, 1.165) is 5.69 Å². The molecule has 1 heterocycles. The van der Waals surface area contributed by atoms with Gasteiger partial charge >= 0.3 is 0 Å². The summed E-state index contributed by atoms with van der Waals surface area (Å²) in [4.78, 5) is 25.1. The molecule has 3 rings (SSSR count). The fourth-order valence-corrected chi connectivity index (χ4v) is 2.27. The number of nitrogens with one attached hydrogen (secondary N) is 2. The Balaban J connectivity index is 1.48. The van der Waals surface area contributed by atoms with Crippen molar-refractivity contribution in [1.29, 1.82) is 0 Å². The second kappa shape index (κ2) is 8.02. The van der Waals surface area contributed by atoms with Crippen LogP contribution in [-0.4, -0.2) is 33.4 Å². The summed E-state index contributed by atoms with van der Waals surface area (Å²) in [6, 6.07) is 15.0. The number of amides is 2. The molecular formula is C18H16FN5O2. The van der Waals surface area contributed by atoms with Crippen molar-refractivity contribution in [2.75, 3.05) is 11.9 Å². The van der Waals surface area contributed by atoms with Crippen molar-refractivity contribution in [3.05, 3.63) is 72.2 Å². The quantitative estimate of drug-likeness (QED) is 0.706. The number of anilines is 1. The molecule has 0 aliphatic rings. The van der Waals surface area contributed by atoms with Gasteiger partial charge in [0.05, 0.1) is 24.8 Å². The van der Waals surface area contributed by atoms with Gasteiger partial charge in [-0.1, -0.05) is 30.3 Å². The highest BCUT2D eigenvalue weighted by atomic mass is 19.1. The van der Waals surface area contributed by atoms with E-state index in [1.54, 1.807) is 6.07 Å². The van der Waals surface area contributed by atoms with Gasteiger partial charge in [0.15, 0.2) is 5.82 Å². The Morgan fingerprint density at radius 1 is 1.04 bits per heavy atom. The molecule has 0 aliphatic carbocycles. The predicted octanol–water partition coefficient (Wildman–Crippen LogP) is 1.70. The minimum atomic E-state index is -0.433. The van der Waals surface area contributed by atoms with E-state index >= 15 is 0 Å². The summed E-state index contributed by atoms with van der Waals surface area (Å²) in [6.07, 6.45) is 1.41. The van der Waals surface area contributed by atoms with E-state index in [1.165, 1.54) is 29.2 Å². The van der Waals surface area contributed by atoms with Crippen LogP contribution in [0.25, 0.3) is 5.69 Å². The molecular weight excluding hydrogens is 337 g/mol. The highest BCUT2D eigenvalue weighted by Gasteiger charge is 2.09. The molecule has 0 aliphatic heterocycles. The van der Waals surface area contributed by atoms with Gasteiger partial charge in [-0.25, -0.2) is 4.39 Å². The molecule has 0 bridgehead atoms. The zero-order chi connectivity index (χ0) is 18.4. The number of aromatic nitrogens is 3. The summed E-state index contributed by atoms with van der Waals surface area (Å²) in [5, 5.41) is 13.2. The van der Waals surface area contributed by atoms with Crippen molar-refractivity contribution < 1.29 is 14.0 Å². The van der Waals surface area contributed by atoms with Crippen molar-refractivity contribution in [3.8, 4) is 5.69 Å². The lowest BCUT2D eigenvalue weighted by atomic mass is 10.1. The fraction of sp³-hybridized carbons (Fsp3) is 0.111. The van der Waals surface area contributed by atoms with Crippen molar-refractivity contribution in [3.63, 3.8) is 0 Å². The van der Waals surface area contributed by atoms with Crippen LogP contribution in [0.15, 0.2) is 60.8 Å². The summed E-state index contributed by atoms with van der Waals surface area (Å²) in [5.74, 6) is -0.941. The minimum Gasteiger partial charge on any atom is -0.347 e. The highest BCUT2D eigenvalue weighted by Crippen LogP contribution is 2.07. The number of benzene rings is 2. The van der Waals surface area contributed by atoms with Crippen molar-refractivity contribution in [2.24, 2.45) is 0 Å². The molecule has 2 aromatic carbocycles. The van der Waals surface area contributed by atoms with Crippen LogP contribution in [0.1, 0.15) is 5.56 Å². The molecule has 2 N–H and O–H groups in total. The monoisotopic (exact) mass is 353 g/mol. The van der Waals surface area contributed by atoms with Gasteiger partial charge in [0.25, 0.3) is 0 Å². The van der Waals surface area contributed by atoms with Gasteiger partial charge in [0, 0.05) is 0 Å². The topological polar surface area (TPSA) is 88.9 Å². The molecule has 0 spiro atoms. The Kier molecular flexibility index (Phi) is 5.33. The molecule has 3 aromatic rings. The third-order valence-electron chi connectivity index (χ3n) is 3.45. The normalized spacial score (nSPS) is 10.3. The number of hydrogen-bond acceptors (Lipinski definition) is 4. The molecule has 0 radical (unpaired) electrons. The predicted molar refractivity (Wildman–Crippen MR) is 93.1 cm³/mol. The zero-order valence-electron chi connectivity index (χ0n) is 13.7. The smallest absolute Gasteiger partial charge is 0.245 e. The SMILES string of the molecule is O=C(Cc1cccc(F)c1)NCC(=O)Nc1cnn(-c2ccccc2)n1. The van der Waals surface area contributed by atoms with Crippen molar-refractivity contribution >= 4 is 17.6 Å². The second-order valence-electron chi connectivity index (χ2n) is 5.49. The number of rotatable bonds is 6. The first kappa shape index (κ1) is 17.3. The maximum Gasteiger partial charge on any atom is 0.245 e. The van der Waals surface area contributed by atoms with Crippen LogP contribution in [-0.2, 0) is 16.0 Å². The standard InChI is InChI=1S/C18H16FN5O2/c19-14-6-4-5-13(9-14)10-17(25)20-12-18(26)22-16-11-21-24(23-16)15-7-2-1-3-8-15/h1-9,11H,10,12H2,(H,20,25)(H,22,23,26). The van der Waals surface area contributed by atoms with Gasteiger partial charge in [-0.15, -0.1) is 9.90 Å². The first-order chi connectivity index (χ1) is 12.6. The van der Waals surface area contributed by atoms with Crippen LogP contribution >= 0.6 is 0 Å². The molecule has 0 unspecified atom stereocenters. The molecule has 0 saturated carbocycles. The Labute approximate surface area is 148 Å². The summed E-state index contributed by atoms with van der Waals surface area (Å²) in [5.41, 5.74) is 1.30. The molecule has 1 aromatic heterocycles. The molecule has 0 fully saturated rings. The van der Waals surface area contributed by atoms with Crippen LogP contribution < -0.4 is 10.6 Å². The minimum absolute atomic E-state index is 0.00473. The van der Waals surface area contributed by atoms with Gasteiger partial charge in [0.2, 0.25) is 11.8 Å². The van der Waals surface area contributed by atoms with Crippen LogP contribution in [0.4, 0.5) is 10.2 Å². The molecule has 0 atom stereocenters. The Morgan fingerprint density at radius 3 is 2.62 bits per heavy atom. The molecule has 0 saturated heterocycles. The van der Waals surface area contributed by atoms with E-state index in [1.807, 2.05) is 30.3 Å². The van der Waals surface area contributed by atoms with Gasteiger partial charge in [-0.05, 0) is 29.8 Å². The molecule has 26 heavy (non-hydrogen) atoms. The maximum absolute atomic E-state index is 13.1. The lowest BCUT2D eigenvalue weighted by Gasteiger charge is -2.05. The Bertz CT molecular complexity index is 911. The third kappa shape index (κ3) is 4.73. The maximum atomic E-state index is 13.1. The van der Waals surface area contributed by atoms with Gasteiger partial charge < -0.3 is 10.6 Å².